The number of alkyl halides is 9. The Hall–Kier alpha value is -2.00. The Morgan fingerprint density at radius 2 is 1.51 bits per heavy atom. The first-order valence-electron chi connectivity index (χ1n) is 9.79. The summed E-state index contributed by atoms with van der Waals surface area (Å²) < 4.78 is 149. The molecule has 0 amide bonds. The van der Waals surface area contributed by atoms with Crippen molar-refractivity contribution in [2.75, 3.05) is 11.5 Å². The standard InChI is InChI=1S/C20H17F9O4S2/c21-17(22,19(25,26)27)18(23,24)20(28,29)35(31,32)33-34(11-9-30)10-3-6-16(34)15-8-7-13-4-1-2-5-14(13)12-15/h1-2,4-5,7-9,12,16H,3,6,10-11H2. The molecule has 4 nitrogen and oxygen atoms in total. The van der Waals surface area contributed by atoms with Gasteiger partial charge in [0.15, 0.2) is 0 Å². The summed E-state index contributed by atoms with van der Waals surface area (Å²) >= 11 is 0. The van der Waals surface area contributed by atoms with Gasteiger partial charge in [0.05, 0.1) is 5.75 Å². The van der Waals surface area contributed by atoms with Gasteiger partial charge < -0.3 is 4.79 Å². The molecule has 35 heavy (non-hydrogen) atoms. The fourth-order valence-electron chi connectivity index (χ4n) is 3.86. The third kappa shape index (κ3) is 4.39. The number of carbonyl (C=O) groups is 1. The molecule has 3 rings (SSSR count). The Morgan fingerprint density at radius 1 is 0.914 bits per heavy atom. The van der Waals surface area contributed by atoms with Gasteiger partial charge in [0.1, 0.15) is 6.29 Å². The predicted octanol–water partition coefficient (Wildman–Crippen LogP) is 6.37. The summed E-state index contributed by atoms with van der Waals surface area (Å²) in [7, 11) is -10.6. The number of rotatable bonds is 8. The van der Waals surface area contributed by atoms with Gasteiger partial charge in [-0.05, 0) is 29.2 Å². The fourth-order valence-corrected chi connectivity index (χ4v) is 9.75. The van der Waals surface area contributed by atoms with Gasteiger partial charge in [-0.1, -0.05) is 42.5 Å². The second kappa shape index (κ2) is 8.83. The highest BCUT2D eigenvalue weighted by Crippen LogP contribution is 2.69. The minimum Gasteiger partial charge on any atom is -0.302 e. The summed E-state index contributed by atoms with van der Waals surface area (Å²) in [6.45, 7) is 0. The number of benzene rings is 2. The summed E-state index contributed by atoms with van der Waals surface area (Å²) in [6.07, 6.45) is -6.93. The molecule has 2 aromatic carbocycles. The number of carbonyl (C=O) groups excluding carboxylic acids is 1. The molecule has 1 saturated heterocycles. The Balaban J connectivity index is 2.06. The van der Waals surface area contributed by atoms with Gasteiger partial charge in [0.2, 0.25) is 0 Å². The third-order valence-corrected chi connectivity index (χ3v) is 11.5. The molecule has 196 valence electrons. The first kappa shape index (κ1) is 27.6. The highest BCUT2D eigenvalue weighted by Gasteiger charge is 2.86. The Morgan fingerprint density at radius 3 is 2.09 bits per heavy atom. The van der Waals surface area contributed by atoms with Gasteiger partial charge in [-0.15, -0.1) is 10.3 Å². The van der Waals surface area contributed by atoms with Crippen molar-refractivity contribution in [2.24, 2.45) is 0 Å². The Labute approximate surface area is 195 Å². The van der Waals surface area contributed by atoms with E-state index in [-0.39, 0.29) is 24.9 Å². The molecule has 0 bridgehead atoms. The maximum atomic E-state index is 14.3. The molecule has 2 aromatic rings. The predicted molar refractivity (Wildman–Crippen MR) is 110 cm³/mol. The largest absolute Gasteiger partial charge is 0.460 e. The molecule has 0 spiro atoms. The molecular weight excluding hydrogens is 539 g/mol. The molecule has 1 aliphatic rings. The summed E-state index contributed by atoms with van der Waals surface area (Å²) in [5.74, 6) is -16.0. The smallest absolute Gasteiger partial charge is 0.302 e. The normalized spacial score (nSPS) is 24.3. The zero-order chi connectivity index (χ0) is 26.5. The molecule has 0 aliphatic carbocycles. The summed E-state index contributed by atoms with van der Waals surface area (Å²) in [5.41, 5.74) is 0.309. The van der Waals surface area contributed by atoms with Crippen molar-refractivity contribution in [1.29, 1.82) is 0 Å². The highest BCUT2D eigenvalue weighted by molar-refractivity contribution is 8.33. The number of halogens is 9. The van der Waals surface area contributed by atoms with E-state index in [0.29, 0.717) is 10.9 Å². The van der Waals surface area contributed by atoms with Crippen LogP contribution in [0.15, 0.2) is 42.5 Å². The van der Waals surface area contributed by atoms with Gasteiger partial charge in [0, 0.05) is 11.0 Å². The van der Waals surface area contributed by atoms with Crippen LogP contribution in [0.4, 0.5) is 39.5 Å². The van der Waals surface area contributed by atoms with Crippen LogP contribution in [0, 0.1) is 0 Å². The molecule has 1 aliphatic heterocycles. The molecule has 0 radical (unpaired) electrons. The minimum absolute atomic E-state index is 0.0672. The quantitative estimate of drug-likeness (QED) is 0.280. The SMILES string of the molecule is O=CCS1(OS(=O)(=O)C(F)(F)C(F)(F)C(F)(F)C(F)(F)F)CCCC1c1ccc2ccccc2c1. The van der Waals surface area contributed by atoms with E-state index in [9.17, 15) is 52.7 Å². The Bertz CT molecular complexity index is 1210. The molecule has 2 unspecified atom stereocenters. The van der Waals surface area contributed by atoms with Crippen LogP contribution in [0.1, 0.15) is 23.7 Å². The average molecular weight is 556 g/mol. The molecule has 2 atom stereocenters. The summed E-state index contributed by atoms with van der Waals surface area (Å²) in [5, 5.41) is -6.68. The molecule has 1 heterocycles. The van der Waals surface area contributed by atoms with Crippen LogP contribution < -0.4 is 0 Å². The van der Waals surface area contributed by atoms with Gasteiger partial charge in [-0.25, -0.2) is 3.63 Å². The number of aldehydes is 1. The second-order valence-corrected chi connectivity index (χ2v) is 12.8. The van der Waals surface area contributed by atoms with Crippen molar-refractivity contribution in [2.45, 2.75) is 41.4 Å². The third-order valence-electron chi connectivity index (χ3n) is 5.63. The second-order valence-electron chi connectivity index (χ2n) is 7.83. The van der Waals surface area contributed by atoms with E-state index in [1.54, 1.807) is 36.4 Å². The maximum Gasteiger partial charge on any atom is 0.460 e. The molecular formula is C20H17F9O4S2. The summed E-state index contributed by atoms with van der Waals surface area (Å²) in [6, 6.07) is 11.4. The van der Waals surface area contributed by atoms with Crippen LogP contribution in [0.3, 0.4) is 0 Å². The van der Waals surface area contributed by atoms with Crippen LogP contribution in [0.5, 0.6) is 0 Å². The van der Waals surface area contributed by atoms with E-state index in [2.05, 4.69) is 3.63 Å². The zero-order valence-corrected chi connectivity index (χ0v) is 19.0. The van der Waals surface area contributed by atoms with Crippen LogP contribution in [0.25, 0.3) is 10.8 Å². The fraction of sp³-hybridized carbons (Fsp3) is 0.450. The van der Waals surface area contributed by atoms with Gasteiger partial charge >= 0.3 is 33.4 Å². The van der Waals surface area contributed by atoms with Crippen LogP contribution >= 0.6 is 10.3 Å². The topological polar surface area (TPSA) is 60.4 Å². The van der Waals surface area contributed by atoms with E-state index < -0.39 is 54.7 Å². The van der Waals surface area contributed by atoms with Crippen LogP contribution in [-0.4, -0.2) is 49.5 Å². The number of fused-ring (bicyclic) bond motifs is 1. The van der Waals surface area contributed by atoms with Crippen molar-refractivity contribution in [3.63, 3.8) is 0 Å². The minimum atomic E-state index is -7.41. The first-order valence-corrected chi connectivity index (χ1v) is 13.2. The van der Waals surface area contributed by atoms with E-state index >= 15 is 0 Å². The van der Waals surface area contributed by atoms with Gasteiger partial charge in [-0.2, -0.15) is 47.9 Å². The van der Waals surface area contributed by atoms with Crippen LogP contribution in [0.2, 0.25) is 0 Å². The van der Waals surface area contributed by atoms with Crippen LogP contribution in [-0.2, 0) is 18.5 Å². The van der Waals surface area contributed by atoms with E-state index in [1.807, 2.05) is 0 Å². The molecule has 0 saturated carbocycles. The van der Waals surface area contributed by atoms with Crippen molar-refractivity contribution in [3.8, 4) is 0 Å². The van der Waals surface area contributed by atoms with E-state index in [1.165, 1.54) is 6.07 Å². The first-order chi connectivity index (χ1) is 15.9. The van der Waals surface area contributed by atoms with E-state index in [0.717, 1.165) is 5.39 Å². The molecule has 0 N–H and O–H groups in total. The maximum absolute atomic E-state index is 14.3. The lowest BCUT2D eigenvalue weighted by Crippen LogP contribution is -2.63. The Kier molecular flexibility index (Phi) is 6.96. The molecule has 15 heteroatoms. The summed E-state index contributed by atoms with van der Waals surface area (Å²) in [4.78, 5) is 11.3. The molecule has 1 fully saturated rings. The van der Waals surface area contributed by atoms with Crippen molar-refractivity contribution < 1.29 is 56.4 Å². The van der Waals surface area contributed by atoms with Crippen molar-refractivity contribution in [3.05, 3.63) is 48.0 Å². The van der Waals surface area contributed by atoms with Gasteiger partial charge in [0.25, 0.3) is 0 Å². The lowest BCUT2D eigenvalue weighted by molar-refractivity contribution is -0.382. The average Bonchev–Trinajstić information content (AvgIpc) is 3.14. The van der Waals surface area contributed by atoms with Crippen molar-refractivity contribution >= 4 is 37.5 Å². The van der Waals surface area contributed by atoms with E-state index in [4.69, 9.17) is 0 Å². The van der Waals surface area contributed by atoms with Gasteiger partial charge in [-0.3, -0.25) is 0 Å². The highest BCUT2D eigenvalue weighted by atomic mass is 32.3. The number of hydrogen-bond donors (Lipinski definition) is 0. The molecule has 0 aromatic heterocycles. The number of hydrogen-bond acceptors (Lipinski definition) is 4. The lowest BCUT2D eigenvalue weighted by atomic mass is 10.0. The lowest BCUT2D eigenvalue weighted by Gasteiger charge is -2.41. The zero-order valence-electron chi connectivity index (χ0n) is 17.4. The van der Waals surface area contributed by atoms with Crippen molar-refractivity contribution in [1.82, 2.24) is 0 Å². The monoisotopic (exact) mass is 556 g/mol.